The van der Waals surface area contributed by atoms with Crippen LogP contribution in [0.2, 0.25) is 0 Å². The summed E-state index contributed by atoms with van der Waals surface area (Å²) in [5.41, 5.74) is 5.60. The van der Waals surface area contributed by atoms with Gasteiger partial charge in [-0.1, -0.05) is 6.07 Å². The first-order valence-corrected chi connectivity index (χ1v) is 5.18. The van der Waals surface area contributed by atoms with Gasteiger partial charge < -0.3 is 19.9 Å². The molecule has 1 aliphatic heterocycles. The maximum absolute atomic E-state index is 11.2. The van der Waals surface area contributed by atoms with Crippen molar-refractivity contribution >= 4 is 18.0 Å². The Balaban J connectivity index is 1.96. The third kappa shape index (κ3) is 3.00. The molecule has 94 valence electrons. The van der Waals surface area contributed by atoms with E-state index in [0.29, 0.717) is 11.5 Å². The van der Waals surface area contributed by atoms with Gasteiger partial charge in [0.1, 0.15) is 0 Å². The summed E-state index contributed by atoms with van der Waals surface area (Å²) >= 11 is 0. The zero-order valence-corrected chi connectivity index (χ0v) is 9.42. The number of hydrogen-bond donors (Lipinski definition) is 1. The van der Waals surface area contributed by atoms with E-state index < -0.39 is 18.5 Å². The summed E-state index contributed by atoms with van der Waals surface area (Å²) in [4.78, 5) is 21.6. The largest absolute Gasteiger partial charge is 0.454 e. The van der Waals surface area contributed by atoms with E-state index in [1.54, 1.807) is 24.3 Å². The monoisotopic (exact) mass is 249 g/mol. The van der Waals surface area contributed by atoms with Crippen LogP contribution in [-0.2, 0) is 14.3 Å². The van der Waals surface area contributed by atoms with Crippen LogP contribution in [0.25, 0.3) is 6.08 Å². The predicted octanol–water partition coefficient (Wildman–Crippen LogP) is 0.457. The second-order valence-electron chi connectivity index (χ2n) is 3.52. The van der Waals surface area contributed by atoms with Crippen molar-refractivity contribution in [1.29, 1.82) is 0 Å². The fourth-order valence-electron chi connectivity index (χ4n) is 1.37. The standard InChI is InChI=1S/C12H11NO5/c13-11(14)6-16-12(15)4-2-8-1-3-9-10(5-8)18-7-17-9/h1-5H,6-7H2,(H2,13,14). The number of amides is 1. The first-order chi connectivity index (χ1) is 8.65. The van der Waals surface area contributed by atoms with Gasteiger partial charge in [0.15, 0.2) is 18.1 Å². The second kappa shape index (κ2) is 5.22. The Hall–Kier alpha value is -2.50. The van der Waals surface area contributed by atoms with E-state index in [1.807, 2.05) is 0 Å². The van der Waals surface area contributed by atoms with Gasteiger partial charge in [0.2, 0.25) is 6.79 Å². The minimum atomic E-state index is -0.695. The maximum atomic E-state index is 11.2. The number of primary amides is 1. The van der Waals surface area contributed by atoms with Gasteiger partial charge in [-0.15, -0.1) is 0 Å². The Morgan fingerprint density at radius 2 is 2.11 bits per heavy atom. The summed E-state index contributed by atoms with van der Waals surface area (Å²) in [5, 5.41) is 0. The first-order valence-electron chi connectivity index (χ1n) is 5.18. The maximum Gasteiger partial charge on any atom is 0.331 e. The molecule has 0 saturated carbocycles. The van der Waals surface area contributed by atoms with Gasteiger partial charge in [0.25, 0.3) is 5.91 Å². The summed E-state index contributed by atoms with van der Waals surface area (Å²) in [6, 6.07) is 5.25. The third-order valence-corrected chi connectivity index (χ3v) is 2.17. The van der Waals surface area contributed by atoms with E-state index in [9.17, 15) is 9.59 Å². The summed E-state index contributed by atoms with van der Waals surface area (Å²) in [6.45, 7) is -0.229. The molecular weight excluding hydrogens is 238 g/mol. The smallest absolute Gasteiger partial charge is 0.331 e. The van der Waals surface area contributed by atoms with E-state index in [4.69, 9.17) is 15.2 Å². The number of rotatable bonds is 4. The van der Waals surface area contributed by atoms with Crippen molar-refractivity contribution in [2.45, 2.75) is 0 Å². The van der Waals surface area contributed by atoms with Crippen molar-refractivity contribution < 1.29 is 23.8 Å². The molecule has 6 heteroatoms. The highest BCUT2D eigenvalue weighted by atomic mass is 16.7. The van der Waals surface area contributed by atoms with Crippen molar-refractivity contribution in [3.63, 3.8) is 0 Å². The number of nitrogens with two attached hydrogens (primary N) is 1. The number of fused-ring (bicyclic) bond motifs is 1. The van der Waals surface area contributed by atoms with Gasteiger partial charge >= 0.3 is 5.97 Å². The van der Waals surface area contributed by atoms with E-state index in [2.05, 4.69) is 4.74 Å². The summed E-state index contributed by atoms with van der Waals surface area (Å²) < 4.78 is 14.9. The molecule has 6 nitrogen and oxygen atoms in total. The molecule has 1 heterocycles. The zero-order valence-electron chi connectivity index (χ0n) is 9.42. The molecular formula is C12H11NO5. The summed E-state index contributed by atoms with van der Waals surface area (Å²) in [5.74, 6) is -0.0302. The molecule has 0 unspecified atom stereocenters. The van der Waals surface area contributed by atoms with Gasteiger partial charge in [0, 0.05) is 6.08 Å². The predicted molar refractivity (Wildman–Crippen MR) is 61.8 cm³/mol. The number of ether oxygens (including phenoxy) is 3. The molecule has 2 N–H and O–H groups in total. The summed E-state index contributed by atoms with van der Waals surface area (Å²) in [7, 11) is 0. The van der Waals surface area contributed by atoms with Crippen molar-refractivity contribution in [2.24, 2.45) is 5.73 Å². The Kier molecular flexibility index (Phi) is 3.47. The molecule has 0 aromatic heterocycles. The molecule has 1 aliphatic rings. The second-order valence-corrected chi connectivity index (χ2v) is 3.52. The molecule has 0 spiro atoms. The Bertz CT molecular complexity index is 509. The van der Waals surface area contributed by atoms with Gasteiger partial charge in [-0.05, 0) is 23.8 Å². The van der Waals surface area contributed by atoms with Gasteiger partial charge in [0.05, 0.1) is 0 Å². The van der Waals surface area contributed by atoms with Crippen LogP contribution in [0.1, 0.15) is 5.56 Å². The number of esters is 1. The van der Waals surface area contributed by atoms with E-state index in [-0.39, 0.29) is 6.79 Å². The van der Waals surface area contributed by atoms with Gasteiger partial charge in [-0.2, -0.15) is 0 Å². The topological polar surface area (TPSA) is 87.9 Å². The van der Waals surface area contributed by atoms with Crippen LogP contribution < -0.4 is 15.2 Å². The van der Waals surface area contributed by atoms with Crippen LogP contribution in [0.5, 0.6) is 11.5 Å². The molecule has 0 radical (unpaired) electrons. The van der Waals surface area contributed by atoms with Crippen molar-refractivity contribution in [3.8, 4) is 11.5 Å². The normalized spacial score (nSPS) is 12.7. The summed E-state index contributed by atoms with van der Waals surface area (Å²) in [6.07, 6.45) is 2.76. The van der Waals surface area contributed by atoms with E-state index >= 15 is 0 Å². The first kappa shape index (κ1) is 12.0. The fourth-order valence-corrected chi connectivity index (χ4v) is 1.37. The lowest BCUT2D eigenvalue weighted by molar-refractivity contribution is -0.142. The number of carbonyl (C=O) groups excluding carboxylic acids is 2. The average Bonchev–Trinajstić information content (AvgIpc) is 2.81. The van der Waals surface area contributed by atoms with Crippen LogP contribution in [0.15, 0.2) is 24.3 Å². The van der Waals surface area contributed by atoms with Crippen molar-refractivity contribution in [3.05, 3.63) is 29.8 Å². The van der Waals surface area contributed by atoms with Crippen LogP contribution in [0.3, 0.4) is 0 Å². The van der Waals surface area contributed by atoms with Crippen LogP contribution >= 0.6 is 0 Å². The van der Waals surface area contributed by atoms with Gasteiger partial charge in [-0.25, -0.2) is 4.79 Å². The molecule has 1 aromatic carbocycles. The molecule has 2 rings (SSSR count). The Morgan fingerprint density at radius 1 is 1.33 bits per heavy atom. The number of carbonyl (C=O) groups is 2. The van der Waals surface area contributed by atoms with Gasteiger partial charge in [-0.3, -0.25) is 4.79 Å². The molecule has 0 saturated heterocycles. The lowest BCUT2D eigenvalue weighted by Crippen LogP contribution is -2.19. The number of hydrogen-bond acceptors (Lipinski definition) is 5. The molecule has 0 atom stereocenters. The third-order valence-electron chi connectivity index (χ3n) is 2.17. The SMILES string of the molecule is NC(=O)COC(=O)C=Cc1ccc2c(c1)OCO2. The highest BCUT2D eigenvalue weighted by molar-refractivity contribution is 5.89. The van der Waals surface area contributed by atoms with Crippen LogP contribution in [0, 0.1) is 0 Å². The minimum Gasteiger partial charge on any atom is -0.454 e. The van der Waals surface area contributed by atoms with E-state index in [1.165, 1.54) is 6.08 Å². The number of benzene rings is 1. The molecule has 0 fully saturated rings. The molecule has 18 heavy (non-hydrogen) atoms. The highest BCUT2D eigenvalue weighted by Gasteiger charge is 2.12. The lowest BCUT2D eigenvalue weighted by Gasteiger charge is -1.98. The van der Waals surface area contributed by atoms with Crippen molar-refractivity contribution in [1.82, 2.24) is 0 Å². The fraction of sp³-hybridized carbons (Fsp3) is 0.167. The Labute approximate surface area is 103 Å². The van der Waals surface area contributed by atoms with Crippen LogP contribution in [-0.4, -0.2) is 25.3 Å². The molecule has 1 aromatic rings. The van der Waals surface area contributed by atoms with Crippen molar-refractivity contribution in [2.75, 3.05) is 13.4 Å². The minimum absolute atomic E-state index is 0.198. The average molecular weight is 249 g/mol. The molecule has 0 aliphatic carbocycles. The quantitative estimate of drug-likeness (QED) is 0.618. The highest BCUT2D eigenvalue weighted by Crippen LogP contribution is 2.32. The lowest BCUT2D eigenvalue weighted by atomic mass is 10.2. The molecule has 1 amide bonds. The van der Waals surface area contributed by atoms with Crippen LogP contribution in [0.4, 0.5) is 0 Å². The zero-order chi connectivity index (χ0) is 13.0. The molecule has 0 bridgehead atoms. The Morgan fingerprint density at radius 3 is 2.89 bits per heavy atom. The van der Waals surface area contributed by atoms with E-state index in [0.717, 1.165) is 5.56 Å².